The molecule has 1 saturated heterocycles. The molecule has 0 N–H and O–H groups in total. The van der Waals surface area contributed by atoms with Crippen LogP contribution in [0.5, 0.6) is 0 Å². The van der Waals surface area contributed by atoms with Gasteiger partial charge in [-0.3, -0.25) is 9.80 Å². The first-order valence-corrected chi connectivity index (χ1v) is 9.22. The number of ether oxygens (including phenoxy) is 1. The molecule has 2 aromatic rings. The zero-order valence-electron chi connectivity index (χ0n) is 15.2. The average molecular weight is 360 g/mol. The van der Waals surface area contributed by atoms with Crippen LogP contribution in [-0.2, 0) is 4.74 Å². The van der Waals surface area contributed by atoms with Crippen LogP contribution in [0.3, 0.4) is 0 Å². The van der Waals surface area contributed by atoms with Gasteiger partial charge in [-0.15, -0.1) is 0 Å². The van der Waals surface area contributed by atoms with Gasteiger partial charge in [0, 0.05) is 39.3 Å². The number of hydrogen-bond acceptors (Lipinski definition) is 3. The van der Waals surface area contributed by atoms with Crippen LogP contribution in [0.1, 0.15) is 24.1 Å². The molecule has 1 aliphatic rings. The highest BCUT2D eigenvalue weighted by Crippen LogP contribution is 2.30. The average Bonchev–Trinajstić information content (AvgIpc) is 2.66. The molecule has 0 atom stereocenters. The standard InChI is InChI=1S/C21H26F2N2O/c1-2-26-16-15-24-11-13-25(14-12-24)21(17-3-7-19(22)8-4-17)18-5-9-20(23)10-6-18/h3-10,21H,2,11-16H2,1H3. The van der Waals surface area contributed by atoms with E-state index in [1.54, 1.807) is 0 Å². The lowest BCUT2D eigenvalue weighted by molar-refractivity contribution is 0.0709. The monoisotopic (exact) mass is 360 g/mol. The molecular weight excluding hydrogens is 334 g/mol. The van der Waals surface area contributed by atoms with Crippen molar-refractivity contribution in [3.63, 3.8) is 0 Å². The maximum absolute atomic E-state index is 13.4. The number of benzene rings is 2. The Labute approximate surface area is 154 Å². The van der Waals surface area contributed by atoms with Crippen molar-refractivity contribution in [2.45, 2.75) is 13.0 Å². The first-order chi connectivity index (χ1) is 12.7. The molecule has 1 fully saturated rings. The third-order valence-corrected chi connectivity index (χ3v) is 4.90. The second kappa shape index (κ2) is 9.21. The van der Waals surface area contributed by atoms with Gasteiger partial charge in [0.1, 0.15) is 11.6 Å². The fourth-order valence-electron chi connectivity index (χ4n) is 3.49. The number of rotatable bonds is 7. The Morgan fingerprint density at radius 3 is 1.81 bits per heavy atom. The van der Waals surface area contributed by atoms with E-state index in [1.165, 1.54) is 24.3 Å². The number of hydrogen-bond donors (Lipinski definition) is 0. The lowest BCUT2D eigenvalue weighted by Crippen LogP contribution is -2.48. The van der Waals surface area contributed by atoms with E-state index < -0.39 is 0 Å². The fourth-order valence-corrected chi connectivity index (χ4v) is 3.49. The van der Waals surface area contributed by atoms with E-state index in [9.17, 15) is 8.78 Å². The highest BCUT2D eigenvalue weighted by molar-refractivity contribution is 5.32. The molecule has 140 valence electrons. The van der Waals surface area contributed by atoms with Crippen molar-refractivity contribution in [3.8, 4) is 0 Å². The molecule has 2 aromatic carbocycles. The molecule has 3 rings (SSSR count). The smallest absolute Gasteiger partial charge is 0.123 e. The van der Waals surface area contributed by atoms with E-state index in [-0.39, 0.29) is 17.7 Å². The quantitative estimate of drug-likeness (QED) is 0.700. The third kappa shape index (κ3) is 4.87. The first-order valence-electron chi connectivity index (χ1n) is 9.22. The van der Waals surface area contributed by atoms with Crippen LogP contribution in [0, 0.1) is 11.6 Å². The Kier molecular flexibility index (Phi) is 6.72. The highest BCUT2D eigenvalue weighted by Gasteiger charge is 2.26. The predicted molar refractivity (Wildman–Crippen MR) is 99.1 cm³/mol. The van der Waals surface area contributed by atoms with Crippen molar-refractivity contribution >= 4 is 0 Å². The first kappa shape index (κ1) is 19.0. The lowest BCUT2D eigenvalue weighted by atomic mass is 9.96. The molecule has 1 aliphatic heterocycles. The van der Waals surface area contributed by atoms with Crippen LogP contribution in [0.15, 0.2) is 48.5 Å². The van der Waals surface area contributed by atoms with Gasteiger partial charge in [0.2, 0.25) is 0 Å². The second-order valence-corrected chi connectivity index (χ2v) is 6.58. The van der Waals surface area contributed by atoms with E-state index in [2.05, 4.69) is 9.80 Å². The summed E-state index contributed by atoms with van der Waals surface area (Å²) in [5.41, 5.74) is 2.06. The van der Waals surface area contributed by atoms with Crippen molar-refractivity contribution in [2.24, 2.45) is 0 Å². The van der Waals surface area contributed by atoms with E-state index in [4.69, 9.17) is 4.74 Å². The number of halogens is 2. The van der Waals surface area contributed by atoms with Crippen LogP contribution >= 0.6 is 0 Å². The van der Waals surface area contributed by atoms with Crippen LogP contribution in [0.4, 0.5) is 8.78 Å². The maximum Gasteiger partial charge on any atom is 0.123 e. The zero-order valence-corrected chi connectivity index (χ0v) is 15.2. The Morgan fingerprint density at radius 1 is 0.846 bits per heavy atom. The molecular formula is C21H26F2N2O. The van der Waals surface area contributed by atoms with Gasteiger partial charge in [-0.1, -0.05) is 24.3 Å². The third-order valence-electron chi connectivity index (χ3n) is 4.90. The second-order valence-electron chi connectivity index (χ2n) is 6.58. The summed E-state index contributed by atoms with van der Waals surface area (Å²) in [4.78, 5) is 4.79. The molecule has 26 heavy (non-hydrogen) atoms. The minimum Gasteiger partial charge on any atom is -0.380 e. The largest absolute Gasteiger partial charge is 0.380 e. The zero-order chi connectivity index (χ0) is 18.4. The molecule has 0 amide bonds. The fraction of sp³-hybridized carbons (Fsp3) is 0.429. The minimum atomic E-state index is -0.243. The van der Waals surface area contributed by atoms with Crippen molar-refractivity contribution in [1.29, 1.82) is 0 Å². The summed E-state index contributed by atoms with van der Waals surface area (Å²) in [6.45, 7) is 8.20. The summed E-state index contributed by atoms with van der Waals surface area (Å²) in [7, 11) is 0. The van der Waals surface area contributed by atoms with Crippen LogP contribution in [0.2, 0.25) is 0 Å². The Morgan fingerprint density at radius 2 is 1.35 bits per heavy atom. The van der Waals surface area contributed by atoms with Crippen molar-refractivity contribution in [1.82, 2.24) is 9.80 Å². The molecule has 0 spiro atoms. The van der Waals surface area contributed by atoms with E-state index in [0.717, 1.165) is 57.1 Å². The normalized spacial score (nSPS) is 16.3. The van der Waals surface area contributed by atoms with E-state index in [0.29, 0.717) is 0 Å². The molecule has 0 bridgehead atoms. The minimum absolute atomic E-state index is 0.00485. The number of nitrogens with zero attached hydrogens (tertiary/aromatic N) is 2. The Balaban J connectivity index is 1.74. The summed E-state index contributed by atoms with van der Waals surface area (Å²) >= 11 is 0. The SMILES string of the molecule is CCOCCN1CCN(C(c2ccc(F)cc2)c2ccc(F)cc2)CC1. The van der Waals surface area contributed by atoms with Crippen molar-refractivity contribution in [3.05, 3.63) is 71.3 Å². The van der Waals surface area contributed by atoms with Crippen LogP contribution in [0.25, 0.3) is 0 Å². The van der Waals surface area contributed by atoms with Gasteiger partial charge in [-0.2, -0.15) is 0 Å². The predicted octanol–water partition coefficient (Wildman–Crippen LogP) is 3.71. The summed E-state index contributed by atoms with van der Waals surface area (Å²) in [6, 6.07) is 13.3. The molecule has 0 saturated carbocycles. The molecule has 0 unspecified atom stereocenters. The van der Waals surface area contributed by atoms with Gasteiger partial charge >= 0.3 is 0 Å². The van der Waals surface area contributed by atoms with Gasteiger partial charge in [-0.05, 0) is 42.3 Å². The molecule has 5 heteroatoms. The van der Waals surface area contributed by atoms with Crippen molar-refractivity contribution in [2.75, 3.05) is 45.9 Å². The molecule has 0 aromatic heterocycles. The summed E-state index contributed by atoms with van der Waals surface area (Å²) < 4.78 is 32.2. The summed E-state index contributed by atoms with van der Waals surface area (Å²) in [5.74, 6) is -0.486. The molecule has 1 heterocycles. The van der Waals surface area contributed by atoms with Crippen LogP contribution in [-0.4, -0.2) is 55.7 Å². The lowest BCUT2D eigenvalue weighted by Gasteiger charge is -2.39. The summed E-state index contributed by atoms with van der Waals surface area (Å²) in [6.07, 6.45) is 0. The van der Waals surface area contributed by atoms with Crippen LogP contribution < -0.4 is 0 Å². The molecule has 0 radical (unpaired) electrons. The van der Waals surface area contributed by atoms with Gasteiger partial charge in [-0.25, -0.2) is 8.78 Å². The molecule has 3 nitrogen and oxygen atoms in total. The van der Waals surface area contributed by atoms with E-state index in [1.807, 2.05) is 31.2 Å². The maximum atomic E-state index is 13.4. The highest BCUT2D eigenvalue weighted by atomic mass is 19.1. The number of piperazine rings is 1. The van der Waals surface area contributed by atoms with Gasteiger partial charge in [0.15, 0.2) is 0 Å². The van der Waals surface area contributed by atoms with Crippen molar-refractivity contribution < 1.29 is 13.5 Å². The topological polar surface area (TPSA) is 15.7 Å². The van der Waals surface area contributed by atoms with Gasteiger partial charge in [0.25, 0.3) is 0 Å². The van der Waals surface area contributed by atoms with Gasteiger partial charge in [0.05, 0.1) is 12.6 Å². The van der Waals surface area contributed by atoms with E-state index >= 15 is 0 Å². The Bertz CT molecular complexity index is 622. The summed E-state index contributed by atoms with van der Waals surface area (Å²) in [5, 5.41) is 0. The molecule has 0 aliphatic carbocycles. The Hall–Kier alpha value is -1.82. The van der Waals surface area contributed by atoms with Gasteiger partial charge < -0.3 is 4.74 Å².